The number of nitrogens with zero attached hydrogens (tertiary/aromatic N) is 7. The highest BCUT2D eigenvalue weighted by atomic mass is 19.1. The highest BCUT2D eigenvalue weighted by molar-refractivity contribution is 5.83. The van der Waals surface area contributed by atoms with Gasteiger partial charge in [-0.2, -0.15) is 0 Å². The number of aryl methyl sites for hydroxylation is 1. The second kappa shape index (κ2) is 9.64. The fourth-order valence-corrected chi connectivity index (χ4v) is 5.10. The summed E-state index contributed by atoms with van der Waals surface area (Å²) < 4.78 is 31.9. The Balaban J connectivity index is 1.25. The lowest BCUT2D eigenvalue weighted by Gasteiger charge is -2.32. The van der Waals surface area contributed by atoms with E-state index in [1.807, 2.05) is 48.4 Å². The fraction of sp³-hybridized carbons (Fsp3) is 0.393. The molecule has 1 N–H and O–H groups in total. The zero-order chi connectivity index (χ0) is 27.4. The van der Waals surface area contributed by atoms with E-state index in [0.717, 1.165) is 36.1 Å². The molecule has 0 spiro atoms. The van der Waals surface area contributed by atoms with E-state index in [2.05, 4.69) is 20.3 Å². The summed E-state index contributed by atoms with van der Waals surface area (Å²) in [5.74, 6) is 0.331. The van der Waals surface area contributed by atoms with Crippen molar-refractivity contribution in [1.29, 1.82) is 0 Å². The molecule has 1 aliphatic heterocycles. The predicted molar refractivity (Wildman–Crippen MR) is 143 cm³/mol. The minimum Gasteiger partial charge on any atom is -0.337 e. The first-order valence-electron chi connectivity index (χ1n) is 13.1. The number of carbonyl (C=O) groups is 1. The molecule has 11 heteroatoms. The molecular weight excluding hydrogens is 502 g/mol. The van der Waals surface area contributed by atoms with Crippen molar-refractivity contribution in [3.8, 4) is 11.3 Å². The molecule has 1 saturated carbocycles. The highest BCUT2D eigenvalue weighted by Gasteiger charge is 2.29. The Morgan fingerprint density at radius 1 is 1.13 bits per heavy atom. The number of fused-ring (bicyclic) bond motifs is 2. The summed E-state index contributed by atoms with van der Waals surface area (Å²) in [6.45, 7) is 4.84. The van der Waals surface area contributed by atoms with Gasteiger partial charge in [0.25, 0.3) is 0 Å². The van der Waals surface area contributed by atoms with Gasteiger partial charge in [-0.05, 0) is 64.5 Å². The summed E-state index contributed by atoms with van der Waals surface area (Å²) in [5, 5.41) is 3.06. The maximum atomic E-state index is 15.0. The molecule has 1 aromatic carbocycles. The number of likely N-dealkylation sites (N-methyl/N-ethyl adjacent to an activating group) is 1. The fourth-order valence-electron chi connectivity index (χ4n) is 5.10. The Morgan fingerprint density at radius 3 is 2.67 bits per heavy atom. The zero-order valence-corrected chi connectivity index (χ0v) is 22.4. The summed E-state index contributed by atoms with van der Waals surface area (Å²) >= 11 is 0. The van der Waals surface area contributed by atoms with Gasteiger partial charge in [-0.3, -0.25) is 9.69 Å². The van der Waals surface area contributed by atoms with Crippen LogP contribution in [0.25, 0.3) is 22.3 Å². The van der Waals surface area contributed by atoms with E-state index in [1.165, 1.54) is 6.07 Å². The molecule has 1 amide bonds. The van der Waals surface area contributed by atoms with Crippen LogP contribution in [0.1, 0.15) is 42.9 Å². The van der Waals surface area contributed by atoms with Gasteiger partial charge in [-0.15, -0.1) is 0 Å². The molecule has 2 aliphatic rings. The number of rotatable bonds is 6. The molecule has 1 aliphatic carbocycles. The second-order valence-electron chi connectivity index (χ2n) is 10.6. The Bertz CT molecular complexity index is 1600. The van der Waals surface area contributed by atoms with E-state index < -0.39 is 11.6 Å². The first-order chi connectivity index (χ1) is 18.7. The second-order valence-corrected chi connectivity index (χ2v) is 10.6. The summed E-state index contributed by atoms with van der Waals surface area (Å²) in [6.07, 6.45) is 3.74. The molecule has 0 bridgehead atoms. The number of amides is 1. The number of hydrogen-bond acceptors (Lipinski definition) is 7. The molecule has 0 radical (unpaired) electrons. The highest BCUT2D eigenvalue weighted by Crippen LogP contribution is 2.40. The van der Waals surface area contributed by atoms with Crippen LogP contribution in [0.3, 0.4) is 0 Å². The standard InChI is InChI=1S/C28H30F2N8O/c1-15(36(3)4)27(39)37-10-9-22-17(14-37)5-8-24(33-22)34-28-31-13-21(30)25(35-28)18-11-20(29)26-23(12-18)38(16(2)32-26)19-6-7-19/h5,8,11-13,15,19H,6-7,9-10,14H2,1-4H3,(H,31,33,34,35)/t15-/m1/s1. The van der Waals surface area contributed by atoms with Crippen molar-refractivity contribution in [3.05, 3.63) is 59.2 Å². The summed E-state index contributed by atoms with van der Waals surface area (Å²) in [7, 11) is 3.78. The number of carbonyl (C=O) groups excluding carboxylic acids is 1. The predicted octanol–water partition coefficient (Wildman–Crippen LogP) is 4.39. The minimum atomic E-state index is -0.649. The monoisotopic (exact) mass is 532 g/mol. The number of imidazole rings is 1. The van der Waals surface area contributed by atoms with Crippen LogP contribution in [0.4, 0.5) is 20.5 Å². The van der Waals surface area contributed by atoms with Crippen molar-refractivity contribution in [2.24, 2.45) is 0 Å². The molecule has 1 atom stereocenters. The first-order valence-corrected chi connectivity index (χ1v) is 13.1. The molecule has 9 nitrogen and oxygen atoms in total. The lowest BCUT2D eigenvalue weighted by atomic mass is 10.0. The Morgan fingerprint density at radius 2 is 1.92 bits per heavy atom. The van der Waals surface area contributed by atoms with Gasteiger partial charge < -0.3 is 14.8 Å². The van der Waals surface area contributed by atoms with E-state index in [1.54, 1.807) is 12.1 Å². The normalized spacial score (nSPS) is 16.0. The van der Waals surface area contributed by atoms with Crippen LogP contribution in [-0.2, 0) is 17.8 Å². The number of pyridine rings is 1. The molecule has 6 rings (SSSR count). The van der Waals surface area contributed by atoms with Gasteiger partial charge >= 0.3 is 0 Å². The van der Waals surface area contributed by atoms with Gasteiger partial charge in [-0.1, -0.05) is 6.07 Å². The average Bonchev–Trinajstić information content (AvgIpc) is 3.69. The number of aromatic nitrogens is 5. The van der Waals surface area contributed by atoms with Gasteiger partial charge in [0.05, 0.1) is 17.8 Å². The number of nitrogens with one attached hydrogen (secondary N) is 1. The van der Waals surface area contributed by atoms with E-state index in [-0.39, 0.29) is 29.1 Å². The quantitative estimate of drug-likeness (QED) is 0.394. The number of anilines is 2. The summed E-state index contributed by atoms with van der Waals surface area (Å²) in [6, 6.07) is 6.83. The maximum Gasteiger partial charge on any atom is 0.239 e. The van der Waals surface area contributed by atoms with Crippen LogP contribution >= 0.6 is 0 Å². The third-order valence-electron chi connectivity index (χ3n) is 7.59. The number of halogens is 2. The van der Waals surface area contributed by atoms with Gasteiger partial charge in [0, 0.05) is 36.8 Å². The van der Waals surface area contributed by atoms with E-state index in [9.17, 15) is 9.18 Å². The van der Waals surface area contributed by atoms with E-state index >= 15 is 4.39 Å². The van der Waals surface area contributed by atoms with Gasteiger partial charge in [0.2, 0.25) is 11.9 Å². The van der Waals surface area contributed by atoms with E-state index in [0.29, 0.717) is 42.5 Å². The van der Waals surface area contributed by atoms with Crippen molar-refractivity contribution in [2.75, 3.05) is 26.0 Å². The van der Waals surface area contributed by atoms with Crippen molar-refractivity contribution in [2.45, 2.75) is 51.7 Å². The smallest absolute Gasteiger partial charge is 0.239 e. The molecule has 39 heavy (non-hydrogen) atoms. The molecule has 3 aromatic heterocycles. The van der Waals surface area contributed by atoms with E-state index in [4.69, 9.17) is 4.98 Å². The van der Waals surface area contributed by atoms with Crippen LogP contribution < -0.4 is 5.32 Å². The molecule has 202 valence electrons. The lowest BCUT2D eigenvalue weighted by Crippen LogP contribution is -2.46. The maximum absolute atomic E-state index is 15.0. The topological polar surface area (TPSA) is 92.1 Å². The first kappa shape index (κ1) is 25.3. The van der Waals surface area contributed by atoms with Gasteiger partial charge in [-0.25, -0.2) is 28.7 Å². The zero-order valence-electron chi connectivity index (χ0n) is 22.4. The average molecular weight is 533 g/mol. The lowest BCUT2D eigenvalue weighted by molar-refractivity contribution is -0.136. The Hall–Kier alpha value is -3.99. The minimum absolute atomic E-state index is 0.00312. The number of hydrogen-bond donors (Lipinski definition) is 1. The SMILES string of the molecule is Cc1nc2c(F)cc(-c3nc(Nc4ccc5c(n4)CCN(C(=O)[C@@H](C)N(C)C)C5)ncc3F)cc2n1C1CC1. The molecule has 4 heterocycles. The van der Waals surface area contributed by atoms with Gasteiger partial charge in [0.1, 0.15) is 22.9 Å². The van der Waals surface area contributed by atoms with Crippen molar-refractivity contribution >= 4 is 28.7 Å². The molecule has 0 unspecified atom stereocenters. The Kier molecular flexibility index (Phi) is 6.25. The van der Waals surface area contributed by atoms with Crippen LogP contribution in [0.15, 0.2) is 30.5 Å². The third kappa shape index (κ3) is 4.71. The van der Waals surface area contributed by atoms with Crippen LogP contribution in [-0.4, -0.2) is 66.9 Å². The molecule has 0 saturated heterocycles. The largest absolute Gasteiger partial charge is 0.337 e. The molecular formula is C28H30F2N8O. The van der Waals surface area contributed by atoms with Crippen LogP contribution in [0.2, 0.25) is 0 Å². The summed E-state index contributed by atoms with van der Waals surface area (Å²) in [5.41, 5.74) is 3.11. The van der Waals surface area contributed by atoms with Crippen molar-refractivity contribution in [1.82, 2.24) is 34.3 Å². The van der Waals surface area contributed by atoms with Crippen LogP contribution in [0.5, 0.6) is 0 Å². The molecule has 4 aromatic rings. The number of benzene rings is 1. The molecule has 1 fully saturated rings. The van der Waals surface area contributed by atoms with Crippen molar-refractivity contribution < 1.29 is 13.6 Å². The van der Waals surface area contributed by atoms with Gasteiger partial charge in [0.15, 0.2) is 11.6 Å². The third-order valence-corrected chi connectivity index (χ3v) is 7.59. The van der Waals surface area contributed by atoms with Crippen molar-refractivity contribution in [3.63, 3.8) is 0 Å². The Labute approximate surface area is 224 Å². The summed E-state index contributed by atoms with van der Waals surface area (Å²) in [4.78, 5) is 34.0. The van der Waals surface area contributed by atoms with Crippen LogP contribution in [0, 0.1) is 18.6 Å².